The van der Waals surface area contributed by atoms with Gasteiger partial charge in [-0.2, -0.15) is 0 Å². The van der Waals surface area contributed by atoms with Gasteiger partial charge in [0.2, 0.25) is 5.91 Å². The molecular formula is C20H30N2O3. The van der Waals surface area contributed by atoms with Crippen LogP contribution in [-0.4, -0.2) is 66.2 Å². The van der Waals surface area contributed by atoms with Gasteiger partial charge < -0.3 is 14.7 Å². The van der Waals surface area contributed by atoms with Crippen LogP contribution < -0.4 is 0 Å². The Bertz CT molecular complexity index is 559. The van der Waals surface area contributed by atoms with Crippen molar-refractivity contribution in [2.75, 3.05) is 39.4 Å². The summed E-state index contributed by atoms with van der Waals surface area (Å²) in [5.74, 6) is 0.132. The number of hydrogen-bond acceptors (Lipinski definition) is 4. The summed E-state index contributed by atoms with van der Waals surface area (Å²) in [6, 6.07) is 9.92. The van der Waals surface area contributed by atoms with E-state index in [9.17, 15) is 9.90 Å². The number of rotatable bonds is 6. The Morgan fingerprint density at radius 2 is 1.96 bits per heavy atom. The summed E-state index contributed by atoms with van der Waals surface area (Å²) in [6.07, 6.45) is 3.34. The quantitative estimate of drug-likeness (QED) is 0.801. The number of hydrogen-bond donors (Lipinski definition) is 1. The second-order valence-electron chi connectivity index (χ2n) is 7.09. The molecule has 2 heterocycles. The fourth-order valence-electron chi connectivity index (χ4n) is 4.15. The van der Waals surface area contributed by atoms with Crippen molar-refractivity contribution in [3.05, 3.63) is 35.9 Å². The molecule has 1 aromatic carbocycles. The molecule has 0 bridgehead atoms. The Labute approximate surface area is 150 Å². The van der Waals surface area contributed by atoms with Crippen molar-refractivity contribution in [3.63, 3.8) is 0 Å². The lowest BCUT2D eigenvalue weighted by atomic mass is 9.79. The maximum Gasteiger partial charge on any atom is 0.224 e. The first kappa shape index (κ1) is 18.4. The molecule has 0 unspecified atom stereocenters. The number of likely N-dealkylation sites (tertiary alicyclic amines) is 2. The van der Waals surface area contributed by atoms with Crippen LogP contribution in [0.2, 0.25) is 0 Å². The molecule has 0 spiro atoms. The summed E-state index contributed by atoms with van der Waals surface area (Å²) in [5.41, 5.74) is 0.0794. The third kappa shape index (κ3) is 4.05. The molecular weight excluding hydrogens is 316 g/mol. The van der Waals surface area contributed by atoms with Crippen LogP contribution in [0.4, 0.5) is 0 Å². The van der Waals surface area contributed by atoms with Gasteiger partial charge in [0.05, 0.1) is 19.1 Å². The van der Waals surface area contributed by atoms with Crippen molar-refractivity contribution < 1.29 is 14.6 Å². The van der Waals surface area contributed by atoms with E-state index < -0.39 is 5.60 Å². The number of benzene rings is 1. The topological polar surface area (TPSA) is 53.0 Å². The maximum atomic E-state index is 12.5. The minimum atomic E-state index is -0.887. The van der Waals surface area contributed by atoms with Gasteiger partial charge in [0, 0.05) is 19.7 Å². The average Bonchev–Trinajstić information content (AvgIpc) is 3.17. The molecule has 25 heavy (non-hydrogen) atoms. The Balaban J connectivity index is 1.76. The first-order chi connectivity index (χ1) is 12.1. The van der Waals surface area contributed by atoms with Crippen molar-refractivity contribution in [1.82, 2.24) is 9.80 Å². The molecule has 2 aliphatic heterocycles. The average molecular weight is 346 g/mol. The number of amides is 1. The lowest BCUT2D eigenvalue weighted by Gasteiger charge is -2.48. The van der Waals surface area contributed by atoms with Crippen LogP contribution in [0, 0.1) is 0 Å². The zero-order valence-electron chi connectivity index (χ0n) is 15.2. The minimum absolute atomic E-state index is 0.0396. The van der Waals surface area contributed by atoms with Crippen LogP contribution in [0.3, 0.4) is 0 Å². The van der Waals surface area contributed by atoms with Crippen LogP contribution in [-0.2, 0) is 15.1 Å². The maximum absolute atomic E-state index is 12.5. The molecule has 2 fully saturated rings. The standard InChI is InChI=1S/C20H30N2O3/c1-2-25-15-10-19(23)22-14-11-20(24,17-8-4-3-5-9-17)18(16-22)21-12-6-7-13-21/h3-5,8-9,18,24H,2,6-7,10-16H2,1H3/t18-,20+/m1/s1. The fourth-order valence-corrected chi connectivity index (χ4v) is 4.15. The van der Waals surface area contributed by atoms with Gasteiger partial charge in [-0.15, -0.1) is 0 Å². The van der Waals surface area contributed by atoms with Crippen molar-refractivity contribution >= 4 is 5.91 Å². The molecule has 5 heteroatoms. The number of piperidine rings is 1. The van der Waals surface area contributed by atoms with Crippen LogP contribution in [0.25, 0.3) is 0 Å². The van der Waals surface area contributed by atoms with Crippen molar-refractivity contribution in [2.24, 2.45) is 0 Å². The monoisotopic (exact) mass is 346 g/mol. The van der Waals surface area contributed by atoms with Crippen molar-refractivity contribution in [1.29, 1.82) is 0 Å². The Morgan fingerprint density at radius 3 is 2.64 bits per heavy atom. The molecule has 2 saturated heterocycles. The predicted octanol–water partition coefficient (Wildman–Crippen LogP) is 2.00. The van der Waals surface area contributed by atoms with E-state index in [1.165, 1.54) is 12.8 Å². The second-order valence-corrected chi connectivity index (χ2v) is 7.09. The summed E-state index contributed by atoms with van der Waals surface area (Å²) in [5, 5.41) is 11.6. The Kier molecular flexibility index (Phi) is 6.10. The van der Waals surface area contributed by atoms with Gasteiger partial charge in [0.15, 0.2) is 0 Å². The first-order valence-corrected chi connectivity index (χ1v) is 9.52. The summed E-state index contributed by atoms with van der Waals surface area (Å²) in [7, 11) is 0. The molecule has 0 aliphatic carbocycles. The normalized spacial score (nSPS) is 27.6. The molecule has 1 N–H and O–H groups in total. The fraction of sp³-hybridized carbons (Fsp3) is 0.650. The van der Waals surface area contributed by atoms with Crippen LogP contribution in [0.1, 0.15) is 38.2 Å². The Hall–Kier alpha value is -1.43. The molecule has 2 aliphatic rings. The molecule has 138 valence electrons. The third-order valence-electron chi connectivity index (χ3n) is 5.58. The van der Waals surface area contributed by atoms with E-state index in [2.05, 4.69) is 4.90 Å². The smallest absolute Gasteiger partial charge is 0.224 e. The second kappa shape index (κ2) is 8.30. The predicted molar refractivity (Wildman–Crippen MR) is 97.2 cm³/mol. The highest BCUT2D eigenvalue weighted by atomic mass is 16.5. The van der Waals surface area contributed by atoms with E-state index in [1.54, 1.807) is 0 Å². The highest BCUT2D eigenvalue weighted by Gasteiger charge is 2.46. The highest BCUT2D eigenvalue weighted by molar-refractivity contribution is 5.76. The van der Waals surface area contributed by atoms with E-state index in [-0.39, 0.29) is 11.9 Å². The van der Waals surface area contributed by atoms with E-state index in [1.807, 2.05) is 42.2 Å². The zero-order valence-corrected chi connectivity index (χ0v) is 15.2. The van der Waals surface area contributed by atoms with E-state index >= 15 is 0 Å². The van der Waals surface area contributed by atoms with Crippen LogP contribution in [0.5, 0.6) is 0 Å². The largest absolute Gasteiger partial charge is 0.383 e. The number of carbonyl (C=O) groups excluding carboxylic acids is 1. The van der Waals surface area contributed by atoms with Gasteiger partial charge in [-0.05, 0) is 44.8 Å². The molecule has 2 atom stereocenters. The first-order valence-electron chi connectivity index (χ1n) is 9.52. The number of carbonyl (C=O) groups is 1. The lowest BCUT2D eigenvalue weighted by Crippen LogP contribution is -2.61. The number of nitrogens with zero attached hydrogens (tertiary/aromatic N) is 2. The van der Waals surface area contributed by atoms with Crippen molar-refractivity contribution in [2.45, 2.75) is 44.2 Å². The Morgan fingerprint density at radius 1 is 1.24 bits per heavy atom. The number of aliphatic hydroxyl groups is 1. The number of ether oxygens (including phenoxy) is 1. The molecule has 0 aromatic heterocycles. The minimum Gasteiger partial charge on any atom is -0.383 e. The van der Waals surface area contributed by atoms with E-state index in [0.29, 0.717) is 39.1 Å². The summed E-state index contributed by atoms with van der Waals surface area (Å²) >= 11 is 0. The van der Waals surface area contributed by atoms with Crippen LogP contribution >= 0.6 is 0 Å². The summed E-state index contributed by atoms with van der Waals surface area (Å²) in [6.45, 7) is 6.24. The third-order valence-corrected chi connectivity index (χ3v) is 5.58. The van der Waals surface area contributed by atoms with E-state index in [4.69, 9.17) is 4.74 Å². The molecule has 1 aromatic rings. The molecule has 0 saturated carbocycles. The SMILES string of the molecule is CCOCCC(=O)N1CC[C@](O)(c2ccccc2)[C@H](N2CCCC2)C1. The zero-order chi connectivity index (χ0) is 17.7. The van der Waals surface area contributed by atoms with Crippen molar-refractivity contribution in [3.8, 4) is 0 Å². The van der Waals surface area contributed by atoms with Gasteiger partial charge in [0.1, 0.15) is 5.60 Å². The van der Waals surface area contributed by atoms with Crippen LogP contribution in [0.15, 0.2) is 30.3 Å². The molecule has 0 radical (unpaired) electrons. The molecule has 3 rings (SSSR count). The molecule has 1 amide bonds. The lowest BCUT2D eigenvalue weighted by molar-refractivity contribution is -0.144. The van der Waals surface area contributed by atoms with Gasteiger partial charge in [-0.25, -0.2) is 0 Å². The summed E-state index contributed by atoms with van der Waals surface area (Å²) < 4.78 is 5.32. The van der Waals surface area contributed by atoms with Gasteiger partial charge >= 0.3 is 0 Å². The molecule has 5 nitrogen and oxygen atoms in total. The van der Waals surface area contributed by atoms with Gasteiger partial charge in [-0.1, -0.05) is 30.3 Å². The highest BCUT2D eigenvalue weighted by Crippen LogP contribution is 2.37. The van der Waals surface area contributed by atoms with Gasteiger partial charge in [0.25, 0.3) is 0 Å². The van der Waals surface area contributed by atoms with Gasteiger partial charge in [-0.3, -0.25) is 9.69 Å². The van der Waals surface area contributed by atoms with E-state index in [0.717, 1.165) is 18.7 Å². The summed E-state index contributed by atoms with van der Waals surface area (Å²) in [4.78, 5) is 16.8.